The highest BCUT2D eigenvalue weighted by molar-refractivity contribution is 5.89. The van der Waals surface area contributed by atoms with Gasteiger partial charge in [-0.1, -0.05) is 0 Å². The Labute approximate surface area is 93.8 Å². The predicted molar refractivity (Wildman–Crippen MR) is 56.5 cm³/mol. The highest BCUT2D eigenvalue weighted by Gasteiger charge is 2.28. The fourth-order valence-corrected chi connectivity index (χ4v) is 1.44. The molecule has 1 saturated carbocycles. The van der Waals surface area contributed by atoms with Gasteiger partial charge in [0.15, 0.2) is 0 Å². The summed E-state index contributed by atoms with van der Waals surface area (Å²) in [5.74, 6) is 0.198. The average Bonchev–Trinajstić information content (AvgIpc) is 3.13. The van der Waals surface area contributed by atoms with Crippen LogP contribution < -0.4 is 4.74 Å². The molecule has 0 radical (unpaired) electrons. The molecule has 1 heterocycles. The van der Waals surface area contributed by atoms with E-state index < -0.39 is 5.97 Å². The minimum absolute atomic E-state index is 0.175. The van der Waals surface area contributed by atoms with Crippen molar-refractivity contribution in [2.75, 3.05) is 13.7 Å². The minimum Gasteiger partial charge on any atom is -0.476 e. The largest absolute Gasteiger partial charge is 0.476 e. The summed E-state index contributed by atoms with van der Waals surface area (Å²) in [6.45, 7) is 2.28. The van der Waals surface area contributed by atoms with Crippen LogP contribution in [-0.4, -0.2) is 29.7 Å². The number of aromatic nitrogens is 2. The smallest absolute Gasteiger partial charge is 0.362 e. The Bertz CT molecular complexity index is 402. The molecule has 0 amide bonds. The number of hydrogen-bond acceptors (Lipinski definition) is 5. The first-order valence-corrected chi connectivity index (χ1v) is 5.34. The molecule has 86 valence electrons. The SMILES string of the molecule is CCOc1ncc(C2CC2)nc1C(=O)OC. The summed E-state index contributed by atoms with van der Waals surface area (Å²) in [6.07, 6.45) is 3.90. The van der Waals surface area contributed by atoms with Gasteiger partial charge in [0.1, 0.15) is 0 Å². The Morgan fingerprint density at radius 2 is 2.31 bits per heavy atom. The molecule has 5 heteroatoms. The van der Waals surface area contributed by atoms with Gasteiger partial charge < -0.3 is 9.47 Å². The normalized spacial score (nSPS) is 14.6. The summed E-state index contributed by atoms with van der Waals surface area (Å²) in [6, 6.07) is 0. The van der Waals surface area contributed by atoms with Gasteiger partial charge in [0, 0.05) is 5.92 Å². The molecule has 1 aromatic heterocycles. The monoisotopic (exact) mass is 222 g/mol. The molecule has 0 aliphatic heterocycles. The van der Waals surface area contributed by atoms with Gasteiger partial charge in [0.25, 0.3) is 0 Å². The van der Waals surface area contributed by atoms with E-state index >= 15 is 0 Å². The van der Waals surface area contributed by atoms with Crippen molar-refractivity contribution in [3.05, 3.63) is 17.6 Å². The summed E-state index contributed by atoms with van der Waals surface area (Å²) in [7, 11) is 1.32. The van der Waals surface area contributed by atoms with Crippen LogP contribution in [0, 0.1) is 0 Å². The van der Waals surface area contributed by atoms with E-state index in [-0.39, 0.29) is 11.6 Å². The van der Waals surface area contributed by atoms with Crippen molar-refractivity contribution in [2.45, 2.75) is 25.7 Å². The summed E-state index contributed by atoms with van der Waals surface area (Å²) >= 11 is 0. The number of nitrogens with zero attached hydrogens (tertiary/aromatic N) is 2. The number of esters is 1. The maximum absolute atomic E-state index is 11.5. The van der Waals surface area contributed by atoms with Gasteiger partial charge in [-0.05, 0) is 19.8 Å². The molecule has 1 fully saturated rings. The molecule has 2 rings (SSSR count). The molecule has 0 saturated heterocycles. The van der Waals surface area contributed by atoms with E-state index in [0.717, 1.165) is 18.5 Å². The van der Waals surface area contributed by atoms with Crippen LogP contribution in [0.4, 0.5) is 0 Å². The van der Waals surface area contributed by atoms with Gasteiger partial charge in [-0.25, -0.2) is 14.8 Å². The van der Waals surface area contributed by atoms with E-state index in [1.165, 1.54) is 7.11 Å². The van der Waals surface area contributed by atoms with Gasteiger partial charge in [0.2, 0.25) is 11.6 Å². The number of ether oxygens (including phenoxy) is 2. The summed E-state index contributed by atoms with van der Waals surface area (Å²) < 4.78 is 9.90. The molecule has 1 aromatic rings. The molecule has 16 heavy (non-hydrogen) atoms. The molecular formula is C11H14N2O3. The van der Waals surface area contributed by atoms with Crippen molar-refractivity contribution in [3.63, 3.8) is 0 Å². The summed E-state index contributed by atoms with van der Waals surface area (Å²) in [5.41, 5.74) is 1.03. The van der Waals surface area contributed by atoms with E-state index in [9.17, 15) is 4.79 Å². The third-order valence-electron chi connectivity index (χ3n) is 2.41. The number of rotatable bonds is 4. The first-order valence-electron chi connectivity index (χ1n) is 5.34. The van der Waals surface area contributed by atoms with Crippen molar-refractivity contribution >= 4 is 5.97 Å². The fraction of sp³-hybridized carbons (Fsp3) is 0.545. The van der Waals surface area contributed by atoms with Gasteiger partial charge in [-0.3, -0.25) is 0 Å². The zero-order chi connectivity index (χ0) is 11.5. The van der Waals surface area contributed by atoms with Crippen LogP contribution in [0.25, 0.3) is 0 Å². The van der Waals surface area contributed by atoms with Crippen molar-refractivity contribution in [1.29, 1.82) is 0 Å². The maximum Gasteiger partial charge on any atom is 0.362 e. The van der Waals surface area contributed by atoms with Crippen LogP contribution in [0.1, 0.15) is 41.9 Å². The van der Waals surface area contributed by atoms with Crippen molar-refractivity contribution < 1.29 is 14.3 Å². The summed E-state index contributed by atoms with van der Waals surface area (Å²) in [4.78, 5) is 19.9. The molecular weight excluding hydrogens is 208 g/mol. The second kappa shape index (κ2) is 4.47. The van der Waals surface area contributed by atoms with E-state index in [1.54, 1.807) is 6.20 Å². The Kier molecular flexibility index (Phi) is 3.03. The second-order valence-corrected chi connectivity index (χ2v) is 3.65. The molecule has 0 aromatic carbocycles. The molecule has 1 aliphatic carbocycles. The van der Waals surface area contributed by atoms with Crippen molar-refractivity contribution in [1.82, 2.24) is 9.97 Å². The van der Waals surface area contributed by atoms with Crippen LogP contribution in [0.2, 0.25) is 0 Å². The first kappa shape index (κ1) is 10.9. The van der Waals surface area contributed by atoms with Crippen molar-refractivity contribution in [2.24, 2.45) is 0 Å². The van der Waals surface area contributed by atoms with Crippen molar-refractivity contribution in [3.8, 4) is 5.88 Å². The molecule has 0 unspecified atom stereocenters. The third kappa shape index (κ3) is 2.13. The lowest BCUT2D eigenvalue weighted by molar-refractivity contribution is 0.0587. The van der Waals surface area contributed by atoms with Crippen LogP contribution >= 0.6 is 0 Å². The highest BCUT2D eigenvalue weighted by atomic mass is 16.5. The topological polar surface area (TPSA) is 61.3 Å². The van der Waals surface area contributed by atoms with E-state index in [1.807, 2.05) is 6.92 Å². The van der Waals surface area contributed by atoms with E-state index in [4.69, 9.17) is 4.74 Å². The predicted octanol–water partition coefficient (Wildman–Crippen LogP) is 1.54. The lowest BCUT2D eigenvalue weighted by Crippen LogP contribution is -2.11. The zero-order valence-electron chi connectivity index (χ0n) is 9.40. The quantitative estimate of drug-likeness (QED) is 0.723. The zero-order valence-corrected chi connectivity index (χ0v) is 9.40. The van der Waals surface area contributed by atoms with Gasteiger partial charge in [0.05, 0.1) is 25.6 Å². The van der Waals surface area contributed by atoms with E-state index in [0.29, 0.717) is 12.5 Å². The highest BCUT2D eigenvalue weighted by Crippen LogP contribution is 2.39. The Morgan fingerprint density at radius 3 is 2.88 bits per heavy atom. The molecule has 0 spiro atoms. The average molecular weight is 222 g/mol. The van der Waals surface area contributed by atoms with Crippen LogP contribution in [-0.2, 0) is 4.74 Å². The second-order valence-electron chi connectivity index (χ2n) is 3.65. The first-order chi connectivity index (χ1) is 7.76. The third-order valence-corrected chi connectivity index (χ3v) is 2.41. The van der Waals surface area contributed by atoms with Gasteiger partial charge in [-0.2, -0.15) is 0 Å². The Hall–Kier alpha value is -1.65. The molecule has 0 bridgehead atoms. The van der Waals surface area contributed by atoms with Crippen LogP contribution in [0.15, 0.2) is 6.20 Å². The molecule has 0 atom stereocenters. The number of methoxy groups -OCH3 is 1. The van der Waals surface area contributed by atoms with Crippen LogP contribution in [0.5, 0.6) is 5.88 Å². The lowest BCUT2D eigenvalue weighted by atomic mass is 10.3. The Balaban J connectivity index is 2.33. The summed E-state index contributed by atoms with van der Waals surface area (Å²) in [5, 5.41) is 0. The standard InChI is InChI=1S/C11H14N2O3/c1-3-16-10-9(11(14)15-2)13-8(6-12-10)7-4-5-7/h6-7H,3-5H2,1-2H3. The number of carbonyl (C=O) groups is 1. The number of hydrogen-bond donors (Lipinski definition) is 0. The molecule has 0 N–H and O–H groups in total. The van der Waals surface area contributed by atoms with Gasteiger partial charge >= 0.3 is 5.97 Å². The van der Waals surface area contributed by atoms with E-state index in [2.05, 4.69) is 14.7 Å². The van der Waals surface area contributed by atoms with Crippen LogP contribution in [0.3, 0.4) is 0 Å². The minimum atomic E-state index is -0.501. The van der Waals surface area contributed by atoms with Gasteiger partial charge in [-0.15, -0.1) is 0 Å². The number of carbonyl (C=O) groups excluding carboxylic acids is 1. The Morgan fingerprint density at radius 1 is 1.56 bits per heavy atom. The molecule has 5 nitrogen and oxygen atoms in total. The lowest BCUT2D eigenvalue weighted by Gasteiger charge is -2.07. The maximum atomic E-state index is 11.5. The fourth-order valence-electron chi connectivity index (χ4n) is 1.44. The molecule has 1 aliphatic rings.